The van der Waals surface area contributed by atoms with E-state index in [4.69, 9.17) is 4.74 Å². The average Bonchev–Trinajstić information content (AvgIpc) is 2.42. The quantitative estimate of drug-likeness (QED) is 0.782. The van der Waals surface area contributed by atoms with Gasteiger partial charge in [-0.2, -0.15) is 0 Å². The molecule has 104 valence electrons. The van der Waals surface area contributed by atoms with Crippen molar-refractivity contribution >= 4 is 6.29 Å². The summed E-state index contributed by atoms with van der Waals surface area (Å²) in [5.74, 6) is 0.718. The highest BCUT2D eigenvalue weighted by molar-refractivity contribution is 5.73. The molecule has 0 amide bonds. The van der Waals surface area contributed by atoms with E-state index >= 15 is 0 Å². The molecule has 0 spiro atoms. The molecule has 1 aliphatic rings. The number of ether oxygens (including phenoxy) is 1. The topological polar surface area (TPSA) is 52.1 Å². The Hall–Kier alpha value is -1.29. The monoisotopic (exact) mass is 262 g/mol. The smallest absolute Gasteiger partial charge is 0.160 e. The van der Waals surface area contributed by atoms with Crippen molar-refractivity contribution in [2.24, 2.45) is 5.41 Å². The van der Waals surface area contributed by atoms with E-state index < -0.39 is 0 Å². The van der Waals surface area contributed by atoms with Gasteiger partial charge < -0.3 is 4.74 Å². The molecule has 0 radical (unpaired) electrons. The Morgan fingerprint density at radius 1 is 1.21 bits per heavy atom. The number of hydrogen-bond donors (Lipinski definition) is 0. The summed E-state index contributed by atoms with van der Waals surface area (Å²) in [5, 5.41) is 0. The second-order valence-electron chi connectivity index (χ2n) is 6.05. The number of carbonyl (C=O) groups excluding carboxylic acids is 1. The van der Waals surface area contributed by atoms with Gasteiger partial charge in [0.1, 0.15) is 5.60 Å². The molecule has 0 aliphatic heterocycles. The molecular weight excluding hydrogens is 240 g/mol. The molecular formula is C15H22N2O2. The van der Waals surface area contributed by atoms with Crippen molar-refractivity contribution in [2.45, 2.75) is 52.1 Å². The van der Waals surface area contributed by atoms with Gasteiger partial charge in [0.05, 0.1) is 5.56 Å². The maximum Gasteiger partial charge on any atom is 0.160 e. The summed E-state index contributed by atoms with van der Waals surface area (Å²) in [6.07, 6.45) is 8.01. The van der Waals surface area contributed by atoms with Gasteiger partial charge in [0, 0.05) is 19.0 Å². The summed E-state index contributed by atoms with van der Waals surface area (Å²) in [6, 6.07) is 0. The number of aldehydes is 1. The van der Waals surface area contributed by atoms with E-state index in [0.29, 0.717) is 17.6 Å². The fourth-order valence-electron chi connectivity index (χ4n) is 2.67. The van der Waals surface area contributed by atoms with Crippen molar-refractivity contribution in [1.29, 1.82) is 0 Å². The highest BCUT2D eigenvalue weighted by Gasteiger charge is 2.42. The van der Waals surface area contributed by atoms with E-state index in [1.807, 2.05) is 6.92 Å². The molecule has 0 atom stereocenters. The van der Waals surface area contributed by atoms with Crippen LogP contribution in [0.3, 0.4) is 0 Å². The molecule has 4 nitrogen and oxygen atoms in total. The number of rotatable bonds is 4. The Morgan fingerprint density at radius 2 is 1.79 bits per heavy atom. The van der Waals surface area contributed by atoms with Crippen molar-refractivity contribution in [2.75, 3.05) is 6.61 Å². The van der Waals surface area contributed by atoms with Crippen molar-refractivity contribution in [1.82, 2.24) is 9.97 Å². The molecule has 2 rings (SSSR count). The summed E-state index contributed by atoms with van der Waals surface area (Å²) < 4.78 is 6.01. The summed E-state index contributed by atoms with van der Waals surface area (Å²) in [6.45, 7) is 7.24. The minimum Gasteiger partial charge on any atom is -0.367 e. The first-order valence-corrected chi connectivity index (χ1v) is 6.93. The summed E-state index contributed by atoms with van der Waals surface area (Å²) in [4.78, 5) is 19.4. The molecule has 1 fully saturated rings. The Labute approximate surface area is 114 Å². The van der Waals surface area contributed by atoms with E-state index in [1.165, 1.54) is 0 Å². The highest BCUT2D eigenvalue weighted by Crippen LogP contribution is 2.46. The minimum atomic E-state index is -0.369. The van der Waals surface area contributed by atoms with Gasteiger partial charge in [0.15, 0.2) is 12.1 Å². The Morgan fingerprint density at radius 3 is 2.26 bits per heavy atom. The van der Waals surface area contributed by atoms with E-state index in [1.54, 1.807) is 12.4 Å². The Balaban J connectivity index is 2.26. The number of nitrogens with zero attached hydrogens (tertiary/aromatic N) is 2. The molecule has 0 saturated heterocycles. The molecule has 0 aromatic carbocycles. The van der Waals surface area contributed by atoms with E-state index in [0.717, 1.165) is 37.8 Å². The first kappa shape index (κ1) is 14.1. The molecule has 0 N–H and O–H groups in total. The van der Waals surface area contributed by atoms with Gasteiger partial charge in [0.2, 0.25) is 0 Å². The SMILES string of the molecule is CCOC1(c2ncc(C=O)cn2)CCC(C)(C)CC1. The fourth-order valence-corrected chi connectivity index (χ4v) is 2.67. The zero-order valence-electron chi connectivity index (χ0n) is 12.0. The molecule has 1 aliphatic carbocycles. The Kier molecular flexibility index (Phi) is 3.99. The molecule has 0 bridgehead atoms. The standard InChI is InChI=1S/C15H22N2O2/c1-4-19-15(7-5-14(2,3)6-8-15)13-16-9-12(11-18)10-17-13/h9-11H,4-8H2,1-3H3. The lowest BCUT2D eigenvalue weighted by Crippen LogP contribution is -2.38. The van der Waals surface area contributed by atoms with Gasteiger partial charge in [-0.25, -0.2) is 9.97 Å². The molecule has 1 aromatic rings. The number of carbonyl (C=O) groups is 1. The summed E-state index contributed by atoms with van der Waals surface area (Å²) in [5.41, 5.74) is 0.501. The van der Waals surface area contributed by atoms with Gasteiger partial charge in [0.25, 0.3) is 0 Å². The van der Waals surface area contributed by atoms with Crippen LogP contribution < -0.4 is 0 Å². The maximum absolute atomic E-state index is 10.7. The first-order chi connectivity index (χ1) is 9.01. The van der Waals surface area contributed by atoms with Crippen LogP contribution in [-0.4, -0.2) is 22.9 Å². The van der Waals surface area contributed by atoms with Gasteiger partial charge in [-0.3, -0.25) is 4.79 Å². The van der Waals surface area contributed by atoms with Crippen LogP contribution in [0.1, 0.15) is 62.6 Å². The van der Waals surface area contributed by atoms with Crippen LogP contribution in [0.25, 0.3) is 0 Å². The van der Waals surface area contributed by atoms with Crippen molar-refractivity contribution in [3.05, 3.63) is 23.8 Å². The molecule has 1 saturated carbocycles. The summed E-state index contributed by atoms with van der Waals surface area (Å²) >= 11 is 0. The molecule has 1 heterocycles. The molecule has 1 aromatic heterocycles. The molecule has 19 heavy (non-hydrogen) atoms. The summed E-state index contributed by atoms with van der Waals surface area (Å²) in [7, 11) is 0. The lowest BCUT2D eigenvalue weighted by atomic mass is 9.70. The predicted octanol–water partition coefficient (Wildman–Crippen LogP) is 3.12. The first-order valence-electron chi connectivity index (χ1n) is 6.93. The van der Waals surface area contributed by atoms with Crippen LogP contribution in [0.4, 0.5) is 0 Å². The predicted molar refractivity (Wildman–Crippen MR) is 73.0 cm³/mol. The Bertz CT molecular complexity index is 430. The zero-order valence-corrected chi connectivity index (χ0v) is 12.0. The molecule has 0 unspecified atom stereocenters. The van der Waals surface area contributed by atoms with Crippen molar-refractivity contribution in [3.63, 3.8) is 0 Å². The minimum absolute atomic E-state index is 0.364. The third-order valence-electron chi connectivity index (χ3n) is 4.05. The van der Waals surface area contributed by atoms with Crippen molar-refractivity contribution in [3.8, 4) is 0 Å². The molecule has 4 heteroatoms. The van der Waals surface area contributed by atoms with E-state index in [9.17, 15) is 4.79 Å². The lowest BCUT2D eigenvalue weighted by molar-refractivity contribution is -0.0948. The van der Waals surface area contributed by atoms with E-state index in [2.05, 4.69) is 23.8 Å². The van der Waals surface area contributed by atoms with Crippen LogP contribution in [0.2, 0.25) is 0 Å². The number of hydrogen-bond acceptors (Lipinski definition) is 4. The third kappa shape index (κ3) is 3.00. The van der Waals surface area contributed by atoms with Crippen LogP contribution in [0.15, 0.2) is 12.4 Å². The lowest BCUT2D eigenvalue weighted by Gasteiger charge is -2.42. The third-order valence-corrected chi connectivity index (χ3v) is 4.05. The van der Waals surface area contributed by atoms with Gasteiger partial charge in [-0.15, -0.1) is 0 Å². The van der Waals surface area contributed by atoms with Gasteiger partial charge >= 0.3 is 0 Å². The van der Waals surface area contributed by atoms with Crippen LogP contribution in [0.5, 0.6) is 0 Å². The maximum atomic E-state index is 10.7. The largest absolute Gasteiger partial charge is 0.367 e. The highest BCUT2D eigenvalue weighted by atomic mass is 16.5. The van der Waals surface area contributed by atoms with Gasteiger partial charge in [-0.1, -0.05) is 13.8 Å². The average molecular weight is 262 g/mol. The number of aromatic nitrogens is 2. The fraction of sp³-hybridized carbons (Fsp3) is 0.667. The van der Waals surface area contributed by atoms with Crippen LogP contribution in [0, 0.1) is 5.41 Å². The zero-order chi connectivity index (χ0) is 13.9. The second-order valence-corrected chi connectivity index (χ2v) is 6.05. The van der Waals surface area contributed by atoms with Gasteiger partial charge in [-0.05, 0) is 38.0 Å². The second kappa shape index (κ2) is 5.37. The van der Waals surface area contributed by atoms with E-state index in [-0.39, 0.29) is 5.60 Å². The van der Waals surface area contributed by atoms with Crippen LogP contribution >= 0.6 is 0 Å². The normalized spacial score (nSPS) is 21.0. The van der Waals surface area contributed by atoms with Crippen molar-refractivity contribution < 1.29 is 9.53 Å². The van der Waals surface area contributed by atoms with Crippen LogP contribution in [-0.2, 0) is 10.3 Å².